The number of aromatic nitrogens is 2. The molecule has 0 atom stereocenters. The SMILES string of the molecule is CCC1CCN(Cc2nnc(Cl)s2)CC1. The second-order valence-corrected chi connectivity index (χ2v) is 5.72. The fraction of sp³-hybridized carbons (Fsp3) is 0.800. The summed E-state index contributed by atoms with van der Waals surface area (Å²) >= 11 is 7.24. The predicted octanol–water partition coefficient (Wildman–Crippen LogP) is 2.81. The van der Waals surface area contributed by atoms with Gasteiger partial charge >= 0.3 is 0 Å². The van der Waals surface area contributed by atoms with Gasteiger partial charge in [0.05, 0.1) is 6.54 Å². The molecular formula is C10H16ClN3S. The second kappa shape index (κ2) is 5.23. The molecule has 2 rings (SSSR count). The highest BCUT2D eigenvalue weighted by Gasteiger charge is 2.18. The molecule has 2 heterocycles. The zero-order valence-electron chi connectivity index (χ0n) is 8.95. The van der Waals surface area contributed by atoms with Crippen molar-refractivity contribution in [2.45, 2.75) is 32.7 Å². The fourth-order valence-corrected chi connectivity index (χ4v) is 2.95. The maximum absolute atomic E-state index is 5.75. The van der Waals surface area contributed by atoms with E-state index in [1.807, 2.05) is 0 Å². The van der Waals surface area contributed by atoms with Gasteiger partial charge in [0.1, 0.15) is 5.01 Å². The van der Waals surface area contributed by atoms with Crippen molar-refractivity contribution in [1.29, 1.82) is 0 Å². The van der Waals surface area contributed by atoms with Crippen molar-refractivity contribution < 1.29 is 0 Å². The number of rotatable bonds is 3. The van der Waals surface area contributed by atoms with Crippen molar-refractivity contribution in [2.75, 3.05) is 13.1 Å². The van der Waals surface area contributed by atoms with Gasteiger partial charge in [-0.3, -0.25) is 4.90 Å². The highest BCUT2D eigenvalue weighted by atomic mass is 35.5. The number of piperidine rings is 1. The maximum Gasteiger partial charge on any atom is 0.207 e. The van der Waals surface area contributed by atoms with Gasteiger partial charge in [-0.05, 0) is 43.5 Å². The van der Waals surface area contributed by atoms with E-state index < -0.39 is 0 Å². The van der Waals surface area contributed by atoms with E-state index in [1.54, 1.807) is 0 Å². The summed E-state index contributed by atoms with van der Waals surface area (Å²) in [7, 11) is 0. The van der Waals surface area contributed by atoms with Crippen LogP contribution >= 0.6 is 22.9 Å². The van der Waals surface area contributed by atoms with E-state index >= 15 is 0 Å². The summed E-state index contributed by atoms with van der Waals surface area (Å²) < 4.78 is 0.549. The first-order valence-electron chi connectivity index (χ1n) is 5.48. The highest BCUT2D eigenvalue weighted by molar-refractivity contribution is 7.15. The Kier molecular flexibility index (Phi) is 3.94. The topological polar surface area (TPSA) is 29.0 Å². The first kappa shape index (κ1) is 11.3. The average Bonchev–Trinajstić information content (AvgIpc) is 2.65. The summed E-state index contributed by atoms with van der Waals surface area (Å²) in [6.07, 6.45) is 3.96. The molecule has 0 aliphatic carbocycles. The summed E-state index contributed by atoms with van der Waals surface area (Å²) in [4.78, 5) is 2.45. The lowest BCUT2D eigenvalue weighted by Crippen LogP contribution is -2.32. The molecule has 0 N–H and O–H groups in total. The van der Waals surface area contributed by atoms with Crippen LogP contribution in [0.4, 0.5) is 0 Å². The highest BCUT2D eigenvalue weighted by Crippen LogP contribution is 2.23. The van der Waals surface area contributed by atoms with Gasteiger partial charge in [-0.1, -0.05) is 24.7 Å². The van der Waals surface area contributed by atoms with Crippen molar-refractivity contribution in [1.82, 2.24) is 15.1 Å². The molecule has 15 heavy (non-hydrogen) atoms. The summed E-state index contributed by atoms with van der Waals surface area (Å²) in [5.74, 6) is 0.930. The first-order valence-corrected chi connectivity index (χ1v) is 6.67. The van der Waals surface area contributed by atoms with E-state index in [-0.39, 0.29) is 0 Å². The number of hydrogen-bond acceptors (Lipinski definition) is 4. The van der Waals surface area contributed by atoms with Crippen LogP contribution < -0.4 is 0 Å². The monoisotopic (exact) mass is 245 g/mol. The lowest BCUT2D eigenvalue weighted by molar-refractivity contribution is 0.174. The molecule has 3 nitrogen and oxygen atoms in total. The smallest absolute Gasteiger partial charge is 0.207 e. The Balaban J connectivity index is 1.82. The molecule has 1 aromatic rings. The van der Waals surface area contributed by atoms with Crippen LogP contribution in [0.25, 0.3) is 0 Å². The Hall–Kier alpha value is -0.190. The fourth-order valence-electron chi connectivity index (χ4n) is 2.04. The van der Waals surface area contributed by atoms with Crippen LogP contribution in [0.5, 0.6) is 0 Å². The van der Waals surface area contributed by atoms with E-state index in [2.05, 4.69) is 22.0 Å². The van der Waals surface area contributed by atoms with E-state index in [0.29, 0.717) is 4.47 Å². The third-order valence-corrected chi connectivity index (χ3v) is 4.09. The van der Waals surface area contributed by atoms with Gasteiger partial charge in [-0.2, -0.15) is 0 Å². The van der Waals surface area contributed by atoms with E-state index in [9.17, 15) is 0 Å². The summed E-state index contributed by atoms with van der Waals surface area (Å²) in [6.45, 7) is 5.58. The molecule has 0 unspecified atom stereocenters. The molecular weight excluding hydrogens is 230 g/mol. The van der Waals surface area contributed by atoms with Gasteiger partial charge in [0, 0.05) is 0 Å². The Morgan fingerprint density at radius 3 is 2.67 bits per heavy atom. The first-order chi connectivity index (χ1) is 7.28. The van der Waals surface area contributed by atoms with E-state index in [4.69, 9.17) is 11.6 Å². The van der Waals surface area contributed by atoms with Gasteiger partial charge < -0.3 is 0 Å². The standard InChI is InChI=1S/C10H16ClN3S/c1-2-8-3-5-14(6-4-8)7-9-12-13-10(11)15-9/h8H,2-7H2,1H3. The minimum absolute atomic E-state index is 0.549. The molecule has 1 aromatic heterocycles. The maximum atomic E-state index is 5.75. The predicted molar refractivity (Wildman–Crippen MR) is 63.2 cm³/mol. The van der Waals surface area contributed by atoms with Gasteiger partial charge in [0.25, 0.3) is 0 Å². The van der Waals surface area contributed by atoms with Gasteiger partial charge in [-0.15, -0.1) is 10.2 Å². The second-order valence-electron chi connectivity index (χ2n) is 4.08. The van der Waals surface area contributed by atoms with Crippen LogP contribution in [0, 0.1) is 5.92 Å². The van der Waals surface area contributed by atoms with Gasteiger partial charge in [-0.25, -0.2) is 0 Å². The Morgan fingerprint density at radius 2 is 2.13 bits per heavy atom. The average molecular weight is 246 g/mol. The zero-order valence-corrected chi connectivity index (χ0v) is 10.5. The molecule has 1 aliphatic heterocycles. The number of halogens is 1. The summed E-state index contributed by atoms with van der Waals surface area (Å²) in [5, 5.41) is 8.90. The molecule has 1 saturated heterocycles. The molecule has 84 valence electrons. The summed E-state index contributed by atoms with van der Waals surface area (Å²) in [6, 6.07) is 0. The molecule has 0 amide bonds. The molecule has 0 aromatic carbocycles. The van der Waals surface area contributed by atoms with Crippen LogP contribution in [-0.2, 0) is 6.54 Å². The summed E-state index contributed by atoms with van der Waals surface area (Å²) in [5.41, 5.74) is 0. The molecule has 1 fully saturated rings. The Bertz CT molecular complexity index is 307. The molecule has 1 aliphatic rings. The quantitative estimate of drug-likeness (QED) is 0.820. The van der Waals surface area contributed by atoms with Crippen LogP contribution in [0.2, 0.25) is 4.47 Å². The van der Waals surface area contributed by atoms with Crippen LogP contribution in [0.15, 0.2) is 0 Å². The molecule has 0 radical (unpaired) electrons. The largest absolute Gasteiger partial charge is 0.297 e. The lowest BCUT2D eigenvalue weighted by Gasteiger charge is -2.30. The lowest BCUT2D eigenvalue weighted by atomic mass is 9.94. The number of hydrogen-bond donors (Lipinski definition) is 0. The number of nitrogens with zero attached hydrogens (tertiary/aromatic N) is 3. The minimum atomic E-state index is 0.549. The van der Waals surface area contributed by atoms with Gasteiger partial charge in [0.15, 0.2) is 0 Å². The number of likely N-dealkylation sites (tertiary alicyclic amines) is 1. The van der Waals surface area contributed by atoms with Crippen molar-refractivity contribution in [2.24, 2.45) is 5.92 Å². The van der Waals surface area contributed by atoms with Crippen LogP contribution in [0.1, 0.15) is 31.2 Å². The third kappa shape index (κ3) is 3.13. The van der Waals surface area contributed by atoms with Crippen molar-refractivity contribution in [3.8, 4) is 0 Å². The van der Waals surface area contributed by atoms with Crippen molar-refractivity contribution in [3.63, 3.8) is 0 Å². The third-order valence-electron chi connectivity index (χ3n) is 3.09. The molecule has 5 heteroatoms. The van der Waals surface area contributed by atoms with Crippen molar-refractivity contribution >= 4 is 22.9 Å². The molecule has 0 spiro atoms. The van der Waals surface area contributed by atoms with Crippen molar-refractivity contribution in [3.05, 3.63) is 9.47 Å². The minimum Gasteiger partial charge on any atom is -0.297 e. The zero-order chi connectivity index (χ0) is 10.7. The molecule has 0 bridgehead atoms. The van der Waals surface area contributed by atoms with E-state index in [0.717, 1.165) is 17.5 Å². The Morgan fingerprint density at radius 1 is 1.40 bits per heavy atom. The van der Waals surface area contributed by atoms with Crippen LogP contribution in [0.3, 0.4) is 0 Å². The van der Waals surface area contributed by atoms with Crippen LogP contribution in [-0.4, -0.2) is 28.2 Å². The normalized spacial score (nSPS) is 19.6. The molecule has 0 saturated carbocycles. The van der Waals surface area contributed by atoms with Gasteiger partial charge in [0.2, 0.25) is 4.47 Å². The van der Waals surface area contributed by atoms with E-state index in [1.165, 1.54) is 43.7 Å². The Labute approximate surface area is 99.5 Å².